The molecule has 1 aromatic rings. The van der Waals surface area contributed by atoms with Gasteiger partial charge in [0, 0.05) is 25.8 Å². The molecular weight excluding hydrogens is 218 g/mol. The Labute approximate surface area is 102 Å². The molecule has 1 aliphatic heterocycles. The molecule has 1 atom stereocenters. The third-order valence-corrected chi connectivity index (χ3v) is 2.91. The molecule has 4 nitrogen and oxygen atoms in total. The maximum absolute atomic E-state index is 5.71. The minimum absolute atomic E-state index is 0.120. The lowest BCUT2D eigenvalue weighted by Gasteiger charge is -2.24. The Hall–Kier alpha value is -1.10. The van der Waals surface area contributed by atoms with Gasteiger partial charge in [-0.1, -0.05) is 12.1 Å². The molecule has 1 aliphatic rings. The fraction of sp³-hybridized carbons (Fsp3) is 0.538. The number of benzene rings is 1. The average molecular weight is 237 g/mol. The normalized spacial score (nSPS) is 20.2. The van der Waals surface area contributed by atoms with Crippen LogP contribution in [0.3, 0.4) is 0 Å². The lowest BCUT2D eigenvalue weighted by molar-refractivity contribution is 0.0275. The molecule has 0 aliphatic carbocycles. The Morgan fingerprint density at radius 3 is 2.94 bits per heavy atom. The zero-order valence-electron chi connectivity index (χ0n) is 10.4. The molecule has 0 bridgehead atoms. The first-order valence-corrected chi connectivity index (χ1v) is 5.83. The highest BCUT2D eigenvalue weighted by Crippen LogP contribution is 2.26. The number of ether oxygens (including phenoxy) is 3. The van der Waals surface area contributed by atoms with Crippen LogP contribution in [0.25, 0.3) is 0 Å². The molecule has 0 radical (unpaired) electrons. The summed E-state index contributed by atoms with van der Waals surface area (Å²) < 4.78 is 16.2. The predicted molar refractivity (Wildman–Crippen MR) is 65.3 cm³/mol. The lowest BCUT2D eigenvalue weighted by Crippen LogP contribution is -2.33. The fourth-order valence-corrected chi connectivity index (χ4v) is 2.02. The molecule has 0 amide bonds. The molecule has 1 fully saturated rings. The van der Waals surface area contributed by atoms with Gasteiger partial charge in [-0.2, -0.15) is 0 Å². The van der Waals surface area contributed by atoms with Gasteiger partial charge in [-0.05, 0) is 11.6 Å². The van der Waals surface area contributed by atoms with Crippen LogP contribution in [0.2, 0.25) is 0 Å². The van der Waals surface area contributed by atoms with Crippen molar-refractivity contribution in [3.63, 3.8) is 0 Å². The van der Waals surface area contributed by atoms with Crippen molar-refractivity contribution >= 4 is 0 Å². The van der Waals surface area contributed by atoms with Crippen LogP contribution >= 0.6 is 0 Å². The van der Waals surface area contributed by atoms with Crippen LogP contribution in [0.4, 0.5) is 0 Å². The molecule has 0 spiro atoms. The topological polar surface area (TPSA) is 39.7 Å². The molecule has 0 saturated carbocycles. The highest BCUT2D eigenvalue weighted by atomic mass is 16.5. The minimum atomic E-state index is 0.120. The summed E-state index contributed by atoms with van der Waals surface area (Å²) in [4.78, 5) is 0. The van der Waals surface area contributed by atoms with Gasteiger partial charge in [0.05, 0.1) is 26.4 Å². The van der Waals surface area contributed by atoms with E-state index in [1.165, 1.54) is 0 Å². The van der Waals surface area contributed by atoms with Crippen molar-refractivity contribution < 1.29 is 14.2 Å². The van der Waals surface area contributed by atoms with Gasteiger partial charge in [-0.15, -0.1) is 0 Å². The first-order chi connectivity index (χ1) is 8.35. The fourth-order valence-electron chi connectivity index (χ4n) is 2.02. The van der Waals surface area contributed by atoms with Crippen LogP contribution < -0.4 is 10.1 Å². The number of morpholine rings is 1. The van der Waals surface area contributed by atoms with Crippen molar-refractivity contribution in [3.8, 4) is 5.75 Å². The summed E-state index contributed by atoms with van der Waals surface area (Å²) in [5.74, 6) is 0.860. The van der Waals surface area contributed by atoms with E-state index in [4.69, 9.17) is 14.2 Å². The van der Waals surface area contributed by atoms with Crippen molar-refractivity contribution in [2.24, 2.45) is 0 Å². The van der Waals surface area contributed by atoms with E-state index in [0.29, 0.717) is 6.61 Å². The van der Waals surface area contributed by atoms with Crippen LogP contribution in [0, 0.1) is 0 Å². The summed E-state index contributed by atoms with van der Waals surface area (Å²) in [6, 6.07) is 6.15. The maximum Gasteiger partial charge on any atom is 0.124 e. The third-order valence-electron chi connectivity index (χ3n) is 2.91. The molecular formula is C13H19NO3. The number of rotatable bonds is 4. The minimum Gasteiger partial charge on any atom is -0.496 e. The first-order valence-electron chi connectivity index (χ1n) is 5.83. The molecule has 1 aromatic carbocycles. The summed E-state index contributed by atoms with van der Waals surface area (Å²) in [7, 11) is 3.36. The maximum atomic E-state index is 5.71. The van der Waals surface area contributed by atoms with Gasteiger partial charge in [0.15, 0.2) is 0 Å². The van der Waals surface area contributed by atoms with E-state index in [-0.39, 0.29) is 6.10 Å². The Morgan fingerprint density at radius 1 is 1.41 bits per heavy atom. The molecule has 94 valence electrons. The van der Waals surface area contributed by atoms with E-state index in [1.807, 2.05) is 12.1 Å². The van der Waals surface area contributed by atoms with Crippen molar-refractivity contribution in [1.82, 2.24) is 5.32 Å². The Morgan fingerprint density at radius 2 is 2.29 bits per heavy atom. The number of hydrogen-bond acceptors (Lipinski definition) is 4. The zero-order chi connectivity index (χ0) is 12.1. The molecule has 17 heavy (non-hydrogen) atoms. The van der Waals surface area contributed by atoms with E-state index < -0.39 is 0 Å². The van der Waals surface area contributed by atoms with E-state index in [1.54, 1.807) is 14.2 Å². The summed E-state index contributed by atoms with van der Waals surface area (Å²) in [6.07, 6.45) is 0.120. The molecule has 2 rings (SSSR count). The molecule has 1 unspecified atom stereocenters. The predicted octanol–water partition coefficient (Wildman–Crippen LogP) is 1.50. The summed E-state index contributed by atoms with van der Waals surface area (Å²) >= 11 is 0. The molecule has 0 aromatic heterocycles. The SMILES string of the molecule is COCc1ccc(C2CNCCO2)cc1OC. The van der Waals surface area contributed by atoms with E-state index in [2.05, 4.69) is 11.4 Å². The molecule has 1 saturated heterocycles. The van der Waals surface area contributed by atoms with Gasteiger partial charge in [0.25, 0.3) is 0 Å². The van der Waals surface area contributed by atoms with Crippen LogP contribution in [-0.4, -0.2) is 33.9 Å². The monoisotopic (exact) mass is 237 g/mol. The van der Waals surface area contributed by atoms with Crippen LogP contribution in [0.1, 0.15) is 17.2 Å². The van der Waals surface area contributed by atoms with Crippen LogP contribution in [0.5, 0.6) is 5.75 Å². The van der Waals surface area contributed by atoms with Gasteiger partial charge < -0.3 is 19.5 Å². The summed E-state index contributed by atoms with van der Waals surface area (Å²) in [5, 5.41) is 3.32. The number of nitrogens with one attached hydrogen (secondary N) is 1. The molecule has 1 N–H and O–H groups in total. The standard InChI is InChI=1S/C13H19NO3/c1-15-9-11-4-3-10(7-12(11)16-2)13-8-14-5-6-17-13/h3-4,7,13-14H,5-6,8-9H2,1-2H3. The lowest BCUT2D eigenvalue weighted by atomic mass is 10.1. The van der Waals surface area contributed by atoms with E-state index in [0.717, 1.165) is 36.6 Å². The van der Waals surface area contributed by atoms with Gasteiger partial charge in [-0.25, -0.2) is 0 Å². The number of hydrogen-bond donors (Lipinski definition) is 1. The Bertz CT molecular complexity index is 362. The zero-order valence-corrected chi connectivity index (χ0v) is 10.4. The van der Waals surface area contributed by atoms with Gasteiger partial charge in [0.1, 0.15) is 5.75 Å². The Kier molecular flexibility index (Phi) is 4.36. The van der Waals surface area contributed by atoms with E-state index >= 15 is 0 Å². The van der Waals surface area contributed by atoms with E-state index in [9.17, 15) is 0 Å². The van der Waals surface area contributed by atoms with Crippen LogP contribution in [0.15, 0.2) is 18.2 Å². The summed E-state index contributed by atoms with van der Waals surface area (Å²) in [5.41, 5.74) is 2.21. The van der Waals surface area contributed by atoms with Gasteiger partial charge in [-0.3, -0.25) is 0 Å². The van der Waals surface area contributed by atoms with Crippen LogP contribution in [-0.2, 0) is 16.1 Å². The quantitative estimate of drug-likeness (QED) is 0.861. The molecule has 1 heterocycles. The largest absolute Gasteiger partial charge is 0.496 e. The second kappa shape index (κ2) is 6.00. The average Bonchev–Trinajstić information content (AvgIpc) is 2.40. The van der Waals surface area contributed by atoms with Crippen molar-refractivity contribution in [3.05, 3.63) is 29.3 Å². The highest BCUT2D eigenvalue weighted by molar-refractivity contribution is 5.38. The van der Waals surface area contributed by atoms with Crippen molar-refractivity contribution in [2.45, 2.75) is 12.7 Å². The second-order valence-electron chi connectivity index (χ2n) is 4.07. The highest BCUT2D eigenvalue weighted by Gasteiger charge is 2.17. The third kappa shape index (κ3) is 2.97. The Balaban J connectivity index is 2.17. The van der Waals surface area contributed by atoms with Crippen molar-refractivity contribution in [2.75, 3.05) is 33.9 Å². The van der Waals surface area contributed by atoms with Gasteiger partial charge in [0.2, 0.25) is 0 Å². The second-order valence-corrected chi connectivity index (χ2v) is 4.07. The first kappa shape index (κ1) is 12.4. The number of methoxy groups -OCH3 is 2. The van der Waals surface area contributed by atoms with Gasteiger partial charge >= 0.3 is 0 Å². The van der Waals surface area contributed by atoms with Crippen molar-refractivity contribution in [1.29, 1.82) is 0 Å². The smallest absolute Gasteiger partial charge is 0.124 e. The molecule has 4 heteroatoms. The summed E-state index contributed by atoms with van der Waals surface area (Å²) in [6.45, 7) is 3.10.